The van der Waals surface area contributed by atoms with Crippen LogP contribution in [0.1, 0.15) is 18.1 Å². The molecule has 0 unspecified atom stereocenters. The van der Waals surface area contributed by atoms with Crippen LogP contribution in [-0.4, -0.2) is 35.0 Å². The molecule has 28 heavy (non-hydrogen) atoms. The summed E-state index contributed by atoms with van der Waals surface area (Å²) < 4.78 is 27.7. The van der Waals surface area contributed by atoms with Crippen molar-refractivity contribution in [3.63, 3.8) is 0 Å². The van der Waals surface area contributed by atoms with Crippen LogP contribution in [0.5, 0.6) is 0 Å². The number of aliphatic carboxylic acids is 1. The van der Waals surface area contributed by atoms with Crippen LogP contribution < -0.4 is 10.6 Å². The second kappa shape index (κ2) is 9.59. The molecule has 8 heteroatoms. The van der Waals surface area contributed by atoms with E-state index in [1.807, 2.05) is 0 Å². The van der Waals surface area contributed by atoms with Gasteiger partial charge in [0.1, 0.15) is 23.7 Å². The van der Waals surface area contributed by atoms with Crippen molar-refractivity contribution in [1.29, 1.82) is 0 Å². The van der Waals surface area contributed by atoms with E-state index in [-0.39, 0.29) is 24.0 Å². The number of amides is 2. The van der Waals surface area contributed by atoms with Crippen molar-refractivity contribution >= 4 is 17.8 Å². The van der Waals surface area contributed by atoms with Crippen molar-refractivity contribution in [3.05, 3.63) is 71.3 Å². The Morgan fingerprint density at radius 1 is 0.857 bits per heavy atom. The minimum absolute atomic E-state index is 0.125. The number of carbonyl (C=O) groups excluding carboxylic acids is 2. The third kappa shape index (κ3) is 5.87. The lowest BCUT2D eigenvalue weighted by molar-refractivity contribution is -0.142. The zero-order valence-corrected chi connectivity index (χ0v) is 15.1. The summed E-state index contributed by atoms with van der Waals surface area (Å²) in [6, 6.07) is 8.78. The van der Waals surface area contributed by atoms with Crippen LogP contribution in [0.3, 0.4) is 0 Å². The number of carboxylic acid groups (broad SMARTS) is 1. The SMILES string of the molecule is CC(=O)N[C@@H](Cc1ccccc1F)C(=O)N[C@H](Cc1ccccc1F)C(=O)O. The fourth-order valence-electron chi connectivity index (χ4n) is 2.69. The van der Waals surface area contributed by atoms with Gasteiger partial charge in [-0.3, -0.25) is 9.59 Å². The molecule has 2 atom stereocenters. The Morgan fingerprint density at radius 3 is 1.75 bits per heavy atom. The summed E-state index contributed by atoms with van der Waals surface area (Å²) in [6.45, 7) is 1.19. The van der Waals surface area contributed by atoms with Crippen LogP contribution in [0.4, 0.5) is 8.78 Å². The molecule has 0 heterocycles. The van der Waals surface area contributed by atoms with Gasteiger partial charge >= 0.3 is 5.97 Å². The van der Waals surface area contributed by atoms with Gasteiger partial charge in [0.15, 0.2) is 0 Å². The lowest BCUT2D eigenvalue weighted by Crippen LogP contribution is -2.52. The van der Waals surface area contributed by atoms with Crippen molar-refractivity contribution in [2.75, 3.05) is 0 Å². The van der Waals surface area contributed by atoms with Gasteiger partial charge in [-0.25, -0.2) is 13.6 Å². The Kier molecular flexibility index (Phi) is 7.20. The molecule has 6 nitrogen and oxygen atoms in total. The molecule has 2 aromatic carbocycles. The average Bonchev–Trinajstić information content (AvgIpc) is 2.63. The van der Waals surface area contributed by atoms with Crippen molar-refractivity contribution in [3.8, 4) is 0 Å². The summed E-state index contributed by atoms with van der Waals surface area (Å²) in [6.07, 6.45) is -0.440. The van der Waals surface area contributed by atoms with E-state index in [4.69, 9.17) is 0 Å². The zero-order chi connectivity index (χ0) is 20.7. The van der Waals surface area contributed by atoms with Crippen LogP contribution in [-0.2, 0) is 27.2 Å². The highest BCUT2D eigenvalue weighted by molar-refractivity contribution is 5.90. The van der Waals surface area contributed by atoms with E-state index in [0.29, 0.717) is 0 Å². The van der Waals surface area contributed by atoms with Gasteiger partial charge in [-0.15, -0.1) is 0 Å². The number of rotatable bonds is 8. The van der Waals surface area contributed by atoms with Crippen molar-refractivity contribution in [2.45, 2.75) is 31.8 Å². The van der Waals surface area contributed by atoms with Crippen LogP contribution in [0.25, 0.3) is 0 Å². The number of carboxylic acids is 1. The number of hydrogen-bond acceptors (Lipinski definition) is 3. The molecule has 0 spiro atoms. The summed E-state index contributed by atoms with van der Waals surface area (Å²) >= 11 is 0. The van der Waals surface area contributed by atoms with E-state index in [1.54, 1.807) is 12.1 Å². The molecule has 148 valence electrons. The lowest BCUT2D eigenvalue weighted by Gasteiger charge is -2.21. The van der Waals surface area contributed by atoms with Crippen molar-refractivity contribution < 1.29 is 28.3 Å². The molecule has 0 aliphatic heterocycles. The molecule has 2 aromatic rings. The fraction of sp³-hybridized carbons (Fsp3) is 0.250. The minimum atomic E-state index is -1.42. The van der Waals surface area contributed by atoms with Crippen LogP contribution in [0.15, 0.2) is 48.5 Å². The smallest absolute Gasteiger partial charge is 0.326 e. The summed E-state index contributed by atoms with van der Waals surface area (Å²) in [5.74, 6) is -3.83. The minimum Gasteiger partial charge on any atom is -0.480 e. The van der Waals surface area contributed by atoms with Gasteiger partial charge in [0.2, 0.25) is 11.8 Å². The first-order chi connectivity index (χ1) is 13.3. The second-order valence-electron chi connectivity index (χ2n) is 6.24. The Labute approximate surface area is 160 Å². The largest absolute Gasteiger partial charge is 0.480 e. The molecule has 2 rings (SSSR count). The lowest BCUT2D eigenvalue weighted by atomic mass is 10.0. The quantitative estimate of drug-likeness (QED) is 0.641. The van der Waals surface area contributed by atoms with Gasteiger partial charge in [-0.2, -0.15) is 0 Å². The number of carbonyl (C=O) groups is 3. The second-order valence-corrected chi connectivity index (χ2v) is 6.24. The monoisotopic (exact) mass is 390 g/mol. The van der Waals surface area contributed by atoms with Crippen molar-refractivity contribution in [2.24, 2.45) is 0 Å². The first kappa shape index (κ1) is 21.0. The Bertz CT molecular complexity index is 873. The highest BCUT2D eigenvalue weighted by Gasteiger charge is 2.27. The molecule has 2 amide bonds. The van der Waals surface area contributed by atoms with E-state index >= 15 is 0 Å². The highest BCUT2D eigenvalue weighted by atomic mass is 19.1. The van der Waals surface area contributed by atoms with Gasteiger partial charge < -0.3 is 15.7 Å². The Balaban J connectivity index is 2.17. The highest BCUT2D eigenvalue weighted by Crippen LogP contribution is 2.12. The zero-order valence-electron chi connectivity index (χ0n) is 15.1. The first-order valence-corrected chi connectivity index (χ1v) is 8.55. The Hall–Kier alpha value is -3.29. The van der Waals surface area contributed by atoms with Gasteiger partial charge in [-0.1, -0.05) is 36.4 Å². The summed E-state index contributed by atoms with van der Waals surface area (Å²) in [4.78, 5) is 35.5. The molecule has 0 aliphatic rings. The fourth-order valence-corrected chi connectivity index (χ4v) is 2.69. The standard InChI is InChI=1S/C20H20F2N2O4/c1-12(25)23-17(10-13-6-2-4-8-15(13)21)19(26)24-18(20(27)28)11-14-7-3-5-9-16(14)22/h2-9,17-18H,10-11H2,1H3,(H,23,25)(H,24,26)(H,27,28)/t17-,18+/m0/s1. The molecule has 0 aromatic heterocycles. The van der Waals surface area contributed by atoms with E-state index in [2.05, 4.69) is 10.6 Å². The van der Waals surface area contributed by atoms with Crippen LogP contribution >= 0.6 is 0 Å². The maximum Gasteiger partial charge on any atom is 0.326 e. The van der Waals surface area contributed by atoms with Gasteiger partial charge in [0, 0.05) is 19.8 Å². The average molecular weight is 390 g/mol. The van der Waals surface area contributed by atoms with Crippen molar-refractivity contribution in [1.82, 2.24) is 10.6 Å². The molecular formula is C20H20F2N2O4. The van der Waals surface area contributed by atoms with E-state index in [9.17, 15) is 28.3 Å². The normalized spacial score (nSPS) is 12.7. The molecular weight excluding hydrogens is 370 g/mol. The van der Waals surface area contributed by atoms with Crippen LogP contribution in [0.2, 0.25) is 0 Å². The number of hydrogen-bond donors (Lipinski definition) is 3. The summed E-state index contributed by atoms with van der Waals surface area (Å²) in [7, 11) is 0. The molecule has 0 bridgehead atoms. The molecule has 3 N–H and O–H groups in total. The predicted octanol–water partition coefficient (Wildman–Crippen LogP) is 1.82. The number of benzene rings is 2. The third-order valence-electron chi connectivity index (χ3n) is 4.07. The molecule has 0 aliphatic carbocycles. The molecule has 0 saturated heterocycles. The number of nitrogens with one attached hydrogen (secondary N) is 2. The topological polar surface area (TPSA) is 95.5 Å². The maximum atomic E-state index is 13.9. The van der Waals surface area contributed by atoms with Gasteiger partial charge in [-0.05, 0) is 23.3 Å². The summed E-state index contributed by atoms with van der Waals surface area (Å²) in [5.41, 5.74) is 0.317. The molecule has 0 radical (unpaired) electrons. The van der Waals surface area contributed by atoms with Gasteiger partial charge in [0.05, 0.1) is 0 Å². The molecule has 0 fully saturated rings. The molecule has 0 saturated carbocycles. The van der Waals surface area contributed by atoms with E-state index in [1.165, 1.54) is 43.3 Å². The van der Waals surface area contributed by atoms with E-state index in [0.717, 1.165) is 0 Å². The van der Waals surface area contributed by atoms with E-state index < -0.39 is 41.5 Å². The predicted molar refractivity (Wildman–Crippen MR) is 97.4 cm³/mol. The van der Waals surface area contributed by atoms with Gasteiger partial charge in [0.25, 0.3) is 0 Å². The van der Waals surface area contributed by atoms with Crippen LogP contribution in [0, 0.1) is 11.6 Å². The maximum absolute atomic E-state index is 13.9. The Morgan fingerprint density at radius 2 is 1.32 bits per heavy atom. The summed E-state index contributed by atoms with van der Waals surface area (Å²) in [5, 5.41) is 14.1. The third-order valence-corrected chi connectivity index (χ3v) is 4.07. The first-order valence-electron chi connectivity index (χ1n) is 8.55. The number of halogens is 2.